The van der Waals surface area contributed by atoms with Crippen molar-refractivity contribution in [3.63, 3.8) is 0 Å². The molecule has 78 valence electrons. The quantitative estimate of drug-likeness (QED) is 0.743. The Morgan fingerprint density at radius 2 is 2.07 bits per heavy atom. The molecule has 2 heteroatoms. The predicted octanol–water partition coefficient (Wildman–Crippen LogP) is 3.12. The lowest BCUT2D eigenvalue weighted by Crippen LogP contribution is -2.27. The average Bonchev–Trinajstić information content (AvgIpc) is 2.45. The smallest absolute Gasteiger partial charge is 0.105 e. The summed E-state index contributed by atoms with van der Waals surface area (Å²) in [5.74, 6) is 1.97. The van der Waals surface area contributed by atoms with E-state index in [4.69, 9.17) is 4.42 Å². The van der Waals surface area contributed by atoms with Crippen LogP contribution < -0.4 is 5.32 Å². The Kier molecular flexibility index (Phi) is 3.53. The molecule has 0 aromatic carbocycles. The molecule has 0 spiro atoms. The molecule has 0 radical (unpaired) electrons. The Balaban J connectivity index is 2.73. The van der Waals surface area contributed by atoms with Crippen molar-refractivity contribution in [1.29, 1.82) is 0 Å². The van der Waals surface area contributed by atoms with Gasteiger partial charge in [0.2, 0.25) is 0 Å². The van der Waals surface area contributed by atoms with Crippen molar-refractivity contribution in [2.45, 2.75) is 39.8 Å². The van der Waals surface area contributed by atoms with Gasteiger partial charge in [-0.25, -0.2) is 0 Å². The molecule has 2 nitrogen and oxygen atoms in total. The van der Waals surface area contributed by atoms with E-state index in [9.17, 15) is 0 Å². The zero-order chi connectivity index (χ0) is 10.7. The van der Waals surface area contributed by atoms with Gasteiger partial charge in [-0.15, -0.1) is 6.58 Å². The first-order chi connectivity index (χ1) is 6.54. The van der Waals surface area contributed by atoms with Crippen molar-refractivity contribution in [1.82, 2.24) is 5.32 Å². The number of nitrogens with one attached hydrogen (secondary N) is 1. The lowest BCUT2D eigenvalue weighted by molar-refractivity contribution is 0.484. The van der Waals surface area contributed by atoms with Gasteiger partial charge in [0, 0.05) is 17.6 Å². The van der Waals surface area contributed by atoms with Crippen molar-refractivity contribution in [3.05, 3.63) is 35.8 Å². The van der Waals surface area contributed by atoms with Crippen LogP contribution in [0, 0.1) is 13.8 Å². The lowest BCUT2D eigenvalue weighted by atomic mass is 10.1. The van der Waals surface area contributed by atoms with Crippen molar-refractivity contribution < 1.29 is 4.42 Å². The maximum absolute atomic E-state index is 5.49. The van der Waals surface area contributed by atoms with Crippen LogP contribution in [0.2, 0.25) is 0 Å². The Labute approximate surface area is 86.0 Å². The maximum atomic E-state index is 5.49. The highest BCUT2D eigenvalue weighted by Crippen LogP contribution is 2.21. The monoisotopic (exact) mass is 193 g/mol. The molecule has 0 aliphatic rings. The second-order valence-corrected chi connectivity index (χ2v) is 3.78. The van der Waals surface area contributed by atoms with Crippen LogP contribution in [0.4, 0.5) is 0 Å². The molecule has 0 fully saturated rings. The third kappa shape index (κ3) is 2.48. The second-order valence-electron chi connectivity index (χ2n) is 3.78. The number of hydrogen-bond donors (Lipinski definition) is 1. The summed E-state index contributed by atoms with van der Waals surface area (Å²) in [5, 5.41) is 3.42. The van der Waals surface area contributed by atoms with Gasteiger partial charge in [-0.1, -0.05) is 6.08 Å². The van der Waals surface area contributed by atoms with E-state index in [-0.39, 0.29) is 0 Å². The van der Waals surface area contributed by atoms with E-state index in [0.717, 1.165) is 11.5 Å². The standard InChI is InChI=1S/C12H19NO/c1-6-8(2)13-10(4)12-7-9(3)14-11(12)5/h6-8,10,13H,1H2,2-5H3. The molecule has 14 heavy (non-hydrogen) atoms. The fourth-order valence-electron chi connectivity index (χ4n) is 1.63. The van der Waals surface area contributed by atoms with Gasteiger partial charge in [0.05, 0.1) is 0 Å². The summed E-state index contributed by atoms with van der Waals surface area (Å²) in [5.41, 5.74) is 1.23. The maximum Gasteiger partial charge on any atom is 0.105 e. The third-order valence-electron chi connectivity index (χ3n) is 2.41. The molecule has 2 unspecified atom stereocenters. The normalized spacial score (nSPS) is 15.1. The van der Waals surface area contributed by atoms with Crippen LogP contribution in [0.1, 0.15) is 37.0 Å². The minimum atomic E-state index is 0.306. The summed E-state index contributed by atoms with van der Waals surface area (Å²) in [6, 6.07) is 2.71. The predicted molar refractivity (Wildman–Crippen MR) is 59.4 cm³/mol. The molecule has 0 amide bonds. The molecule has 0 saturated carbocycles. The molecule has 1 aromatic heterocycles. The first-order valence-electron chi connectivity index (χ1n) is 5.00. The van der Waals surface area contributed by atoms with Gasteiger partial charge in [-0.3, -0.25) is 0 Å². The van der Waals surface area contributed by atoms with E-state index >= 15 is 0 Å². The molecule has 0 aliphatic heterocycles. The molecule has 0 saturated heterocycles. The van der Waals surface area contributed by atoms with Crippen molar-refractivity contribution in [2.24, 2.45) is 0 Å². The Hall–Kier alpha value is -1.02. The summed E-state index contributed by atoms with van der Waals surface area (Å²) in [4.78, 5) is 0. The Morgan fingerprint density at radius 3 is 2.50 bits per heavy atom. The van der Waals surface area contributed by atoms with Crippen LogP contribution >= 0.6 is 0 Å². The van der Waals surface area contributed by atoms with Crippen LogP contribution in [0.15, 0.2) is 23.1 Å². The summed E-state index contributed by atoms with van der Waals surface area (Å²) in [6.07, 6.45) is 1.90. The molecule has 1 heterocycles. The van der Waals surface area contributed by atoms with Crippen molar-refractivity contribution in [2.75, 3.05) is 0 Å². The van der Waals surface area contributed by atoms with Crippen molar-refractivity contribution >= 4 is 0 Å². The van der Waals surface area contributed by atoms with E-state index in [1.165, 1.54) is 5.56 Å². The fourth-order valence-corrected chi connectivity index (χ4v) is 1.63. The molecular formula is C12H19NO. The summed E-state index contributed by atoms with van der Waals surface area (Å²) < 4.78 is 5.49. The number of hydrogen-bond acceptors (Lipinski definition) is 2. The van der Waals surface area contributed by atoms with Gasteiger partial charge in [-0.2, -0.15) is 0 Å². The van der Waals surface area contributed by atoms with E-state index in [1.54, 1.807) is 0 Å². The van der Waals surface area contributed by atoms with Gasteiger partial charge in [0.15, 0.2) is 0 Å². The van der Waals surface area contributed by atoms with Gasteiger partial charge in [-0.05, 0) is 33.8 Å². The number of aryl methyl sites for hydroxylation is 2. The molecule has 1 N–H and O–H groups in total. The topological polar surface area (TPSA) is 25.2 Å². The van der Waals surface area contributed by atoms with Crippen LogP contribution in [0.5, 0.6) is 0 Å². The molecule has 1 rings (SSSR count). The molecule has 0 aliphatic carbocycles. The number of rotatable bonds is 4. The van der Waals surface area contributed by atoms with Crippen LogP contribution in [0.3, 0.4) is 0 Å². The summed E-state index contributed by atoms with van der Waals surface area (Å²) >= 11 is 0. The van der Waals surface area contributed by atoms with Gasteiger partial charge >= 0.3 is 0 Å². The highest BCUT2D eigenvalue weighted by molar-refractivity contribution is 5.23. The second kappa shape index (κ2) is 4.47. The molecule has 0 bridgehead atoms. The zero-order valence-corrected chi connectivity index (χ0v) is 9.42. The van der Waals surface area contributed by atoms with Gasteiger partial charge in [0.25, 0.3) is 0 Å². The highest BCUT2D eigenvalue weighted by Gasteiger charge is 2.13. The van der Waals surface area contributed by atoms with E-state index in [2.05, 4.69) is 31.8 Å². The van der Waals surface area contributed by atoms with Crippen LogP contribution in [-0.2, 0) is 0 Å². The molecule has 2 atom stereocenters. The minimum absolute atomic E-state index is 0.306. The SMILES string of the molecule is C=CC(C)NC(C)c1cc(C)oc1C. The number of furan rings is 1. The minimum Gasteiger partial charge on any atom is -0.466 e. The molecular weight excluding hydrogens is 174 g/mol. The third-order valence-corrected chi connectivity index (χ3v) is 2.41. The van der Waals surface area contributed by atoms with Gasteiger partial charge in [0.1, 0.15) is 11.5 Å². The summed E-state index contributed by atoms with van der Waals surface area (Å²) in [6.45, 7) is 11.9. The lowest BCUT2D eigenvalue weighted by Gasteiger charge is -2.16. The highest BCUT2D eigenvalue weighted by atomic mass is 16.3. The van der Waals surface area contributed by atoms with Crippen LogP contribution in [0.25, 0.3) is 0 Å². The van der Waals surface area contributed by atoms with Crippen molar-refractivity contribution in [3.8, 4) is 0 Å². The fraction of sp³-hybridized carbons (Fsp3) is 0.500. The summed E-state index contributed by atoms with van der Waals surface area (Å²) in [7, 11) is 0. The first kappa shape index (κ1) is 11.1. The zero-order valence-electron chi connectivity index (χ0n) is 9.42. The van der Waals surface area contributed by atoms with E-state index in [0.29, 0.717) is 12.1 Å². The first-order valence-corrected chi connectivity index (χ1v) is 5.00. The average molecular weight is 193 g/mol. The Bertz CT molecular complexity index is 314. The molecule has 1 aromatic rings. The van der Waals surface area contributed by atoms with Crippen LogP contribution in [-0.4, -0.2) is 6.04 Å². The Morgan fingerprint density at radius 1 is 1.43 bits per heavy atom. The van der Waals surface area contributed by atoms with E-state index in [1.807, 2.05) is 19.9 Å². The van der Waals surface area contributed by atoms with Gasteiger partial charge < -0.3 is 9.73 Å². The largest absolute Gasteiger partial charge is 0.466 e. The van der Waals surface area contributed by atoms with E-state index < -0.39 is 0 Å².